The van der Waals surface area contributed by atoms with Gasteiger partial charge in [-0.2, -0.15) is 0 Å². The summed E-state index contributed by atoms with van der Waals surface area (Å²) in [5.41, 5.74) is 2.27. The molecule has 7 nitrogen and oxygen atoms in total. The number of thioether (sulfide) groups is 1. The number of benzene rings is 2. The van der Waals surface area contributed by atoms with Crippen LogP contribution in [0, 0.1) is 0 Å². The lowest BCUT2D eigenvalue weighted by molar-refractivity contribution is 0.101. The third-order valence-corrected chi connectivity index (χ3v) is 5.02. The van der Waals surface area contributed by atoms with E-state index in [0.717, 1.165) is 16.9 Å². The molecule has 0 saturated carbocycles. The molecule has 1 heterocycles. The minimum atomic E-state index is 0.00725. The van der Waals surface area contributed by atoms with Crippen LogP contribution in [0.5, 0.6) is 17.2 Å². The fourth-order valence-corrected chi connectivity index (χ4v) is 3.44. The lowest BCUT2D eigenvalue weighted by Crippen LogP contribution is -1.99. The molecule has 0 spiro atoms. The van der Waals surface area contributed by atoms with Crippen molar-refractivity contribution in [1.29, 1.82) is 0 Å². The van der Waals surface area contributed by atoms with Gasteiger partial charge in [0, 0.05) is 22.4 Å². The van der Waals surface area contributed by atoms with Crippen molar-refractivity contribution in [3.05, 3.63) is 47.5 Å². The monoisotopic (exact) mass is 414 g/mol. The first-order valence-electron chi connectivity index (χ1n) is 9.01. The molecule has 0 N–H and O–H groups in total. The van der Waals surface area contributed by atoms with Gasteiger partial charge in [0.1, 0.15) is 5.75 Å². The van der Waals surface area contributed by atoms with Gasteiger partial charge in [0.25, 0.3) is 5.22 Å². The maximum absolute atomic E-state index is 11.7. The normalized spacial score (nSPS) is 10.6. The van der Waals surface area contributed by atoms with Crippen molar-refractivity contribution in [1.82, 2.24) is 10.2 Å². The second kappa shape index (κ2) is 9.47. The van der Waals surface area contributed by atoms with Crippen LogP contribution in [0.2, 0.25) is 0 Å². The Hall–Kier alpha value is -3.00. The molecule has 0 unspecified atom stereocenters. The summed E-state index contributed by atoms with van der Waals surface area (Å²) in [4.78, 5) is 11.7. The minimum Gasteiger partial charge on any atom is -0.494 e. The number of ether oxygens (including phenoxy) is 3. The van der Waals surface area contributed by atoms with Crippen LogP contribution >= 0.6 is 11.8 Å². The third-order valence-electron chi connectivity index (χ3n) is 4.15. The minimum absolute atomic E-state index is 0.00725. The Morgan fingerprint density at radius 2 is 1.79 bits per heavy atom. The summed E-state index contributed by atoms with van der Waals surface area (Å²) in [6.45, 7) is 4.00. The molecule has 8 heteroatoms. The number of carbonyl (C=O) groups is 1. The van der Waals surface area contributed by atoms with Crippen molar-refractivity contribution in [2.75, 3.05) is 20.8 Å². The molecule has 0 fully saturated rings. The largest absolute Gasteiger partial charge is 0.494 e. The maximum Gasteiger partial charge on any atom is 0.277 e. The van der Waals surface area contributed by atoms with Gasteiger partial charge in [-0.3, -0.25) is 4.79 Å². The molecule has 0 aliphatic heterocycles. The first-order chi connectivity index (χ1) is 14.0. The molecule has 0 amide bonds. The van der Waals surface area contributed by atoms with Crippen molar-refractivity contribution in [2.45, 2.75) is 24.8 Å². The van der Waals surface area contributed by atoms with Crippen molar-refractivity contribution in [3.63, 3.8) is 0 Å². The zero-order valence-electron chi connectivity index (χ0n) is 16.7. The Bertz CT molecular complexity index is 1000. The van der Waals surface area contributed by atoms with E-state index in [1.165, 1.54) is 11.8 Å². The predicted molar refractivity (Wildman–Crippen MR) is 110 cm³/mol. The van der Waals surface area contributed by atoms with Gasteiger partial charge in [-0.25, -0.2) is 0 Å². The van der Waals surface area contributed by atoms with E-state index in [-0.39, 0.29) is 5.78 Å². The average Bonchev–Trinajstić information content (AvgIpc) is 3.21. The molecule has 0 aliphatic rings. The molecule has 0 atom stereocenters. The van der Waals surface area contributed by atoms with Gasteiger partial charge in [0.2, 0.25) is 5.89 Å². The molecular formula is C21H22N2O5S. The van der Waals surface area contributed by atoms with Crippen LogP contribution in [-0.4, -0.2) is 36.8 Å². The lowest BCUT2D eigenvalue weighted by atomic mass is 10.1. The molecular weight excluding hydrogens is 392 g/mol. The number of nitrogens with zero attached hydrogens (tertiary/aromatic N) is 2. The standard InChI is InChI=1S/C21H22N2O5S/c1-5-27-17-8-6-14(13(2)24)10-16(17)12-29-21-23-22-20(28-21)15-7-9-18(25-3)19(11-15)26-4/h6-11H,5,12H2,1-4H3. The number of hydrogen-bond acceptors (Lipinski definition) is 8. The zero-order chi connectivity index (χ0) is 20.8. The van der Waals surface area contributed by atoms with Crippen LogP contribution in [0.1, 0.15) is 29.8 Å². The highest BCUT2D eigenvalue weighted by molar-refractivity contribution is 7.98. The highest BCUT2D eigenvalue weighted by atomic mass is 32.2. The number of methoxy groups -OCH3 is 2. The molecule has 2 aromatic carbocycles. The van der Waals surface area contributed by atoms with Crippen LogP contribution in [0.3, 0.4) is 0 Å². The number of ketones is 1. The Morgan fingerprint density at radius 3 is 2.48 bits per heavy atom. The summed E-state index contributed by atoms with van der Waals surface area (Å²) >= 11 is 1.38. The van der Waals surface area contributed by atoms with E-state index in [0.29, 0.717) is 40.5 Å². The van der Waals surface area contributed by atoms with Gasteiger partial charge in [0.05, 0.1) is 20.8 Å². The molecule has 1 aromatic heterocycles. The highest BCUT2D eigenvalue weighted by Crippen LogP contribution is 2.34. The lowest BCUT2D eigenvalue weighted by Gasteiger charge is -2.10. The van der Waals surface area contributed by atoms with Crippen LogP contribution in [-0.2, 0) is 5.75 Å². The molecule has 3 rings (SSSR count). The van der Waals surface area contributed by atoms with Crippen LogP contribution in [0.25, 0.3) is 11.5 Å². The first kappa shape index (κ1) is 20.7. The topological polar surface area (TPSA) is 83.7 Å². The van der Waals surface area contributed by atoms with Crippen LogP contribution < -0.4 is 14.2 Å². The van der Waals surface area contributed by atoms with Crippen molar-refractivity contribution >= 4 is 17.5 Å². The predicted octanol–water partition coefficient (Wildman–Crippen LogP) is 4.65. The average molecular weight is 414 g/mol. The molecule has 0 aliphatic carbocycles. The molecule has 152 valence electrons. The van der Waals surface area contributed by atoms with Gasteiger partial charge in [0.15, 0.2) is 17.3 Å². The Balaban J connectivity index is 1.77. The van der Waals surface area contributed by atoms with E-state index in [9.17, 15) is 4.79 Å². The number of rotatable bonds is 9. The second-order valence-corrected chi connectivity index (χ2v) is 6.97. The smallest absolute Gasteiger partial charge is 0.277 e. The van der Waals surface area contributed by atoms with Crippen LogP contribution in [0.15, 0.2) is 46.0 Å². The summed E-state index contributed by atoms with van der Waals surface area (Å²) in [5.74, 6) is 2.87. The zero-order valence-corrected chi connectivity index (χ0v) is 17.5. The Labute approximate surface area is 173 Å². The van der Waals surface area contributed by atoms with E-state index in [4.69, 9.17) is 18.6 Å². The summed E-state index contributed by atoms with van der Waals surface area (Å²) in [6.07, 6.45) is 0. The van der Waals surface area contributed by atoms with E-state index < -0.39 is 0 Å². The van der Waals surface area contributed by atoms with E-state index in [2.05, 4.69) is 10.2 Å². The van der Waals surface area contributed by atoms with Crippen molar-refractivity contribution < 1.29 is 23.4 Å². The van der Waals surface area contributed by atoms with Crippen molar-refractivity contribution in [3.8, 4) is 28.7 Å². The fourth-order valence-electron chi connectivity index (χ4n) is 2.70. The molecule has 0 saturated heterocycles. The second-order valence-electron chi connectivity index (χ2n) is 6.04. The first-order valence-corrected chi connectivity index (χ1v) is 9.99. The number of aromatic nitrogens is 2. The highest BCUT2D eigenvalue weighted by Gasteiger charge is 2.14. The summed E-state index contributed by atoms with van der Waals surface area (Å²) in [5, 5.41) is 8.64. The number of Topliss-reactive ketones (excluding diaryl/α,β-unsaturated/α-hetero) is 1. The summed E-state index contributed by atoms with van der Waals surface area (Å²) in [7, 11) is 3.15. The van der Waals surface area contributed by atoms with E-state index in [1.807, 2.05) is 25.1 Å². The van der Waals surface area contributed by atoms with E-state index >= 15 is 0 Å². The SMILES string of the molecule is CCOc1ccc(C(C)=O)cc1CSc1nnc(-c2ccc(OC)c(OC)c2)o1. The van der Waals surface area contributed by atoms with Gasteiger partial charge < -0.3 is 18.6 Å². The number of hydrogen-bond donors (Lipinski definition) is 0. The molecule has 0 bridgehead atoms. The summed E-state index contributed by atoms with van der Waals surface area (Å²) in [6, 6.07) is 10.8. The molecule has 29 heavy (non-hydrogen) atoms. The fraction of sp³-hybridized carbons (Fsp3) is 0.286. The molecule has 3 aromatic rings. The van der Waals surface area contributed by atoms with E-state index in [1.54, 1.807) is 39.3 Å². The molecule has 0 radical (unpaired) electrons. The Kier molecular flexibility index (Phi) is 6.77. The van der Waals surface area contributed by atoms with Gasteiger partial charge in [-0.05, 0) is 50.2 Å². The third kappa shape index (κ3) is 4.89. The summed E-state index contributed by atoms with van der Waals surface area (Å²) < 4.78 is 22.0. The maximum atomic E-state index is 11.7. The van der Waals surface area contributed by atoms with Gasteiger partial charge >= 0.3 is 0 Å². The quantitative estimate of drug-likeness (QED) is 0.370. The van der Waals surface area contributed by atoms with Crippen LogP contribution in [0.4, 0.5) is 0 Å². The Morgan fingerprint density at radius 1 is 1.03 bits per heavy atom. The number of carbonyl (C=O) groups excluding carboxylic acids is 1. The van der Waals surface area contributed by atoms with Gasteiger partial charge in [-0.15, -0.1) is 10.2 Å². The van der Waals surface area contributed by atoms with Gasteiger partial charge in [-0.1, -0.05) is 11.8 Å². The van der Waals surface area contributed by atoms with Crippen molar-refractivity contribution in [2.24, 2.45) is 0 Å².